The predicted octanol–water partition coefficient (Wildman–Crippen LogP) is 2.44. The molecule has 1 fully saturated rings. The fraction of sp³-hybridized carbons (Fsp3) is 0.467. The summed E-state index contributed by atoms with van der Waals surface area (Å²) in [6.45, 7) is 3.88. The van der Waals surface area contributed by atoms with E-state index >= 15 is 0 Å². The Morgan fingerprint density at radius 2 is 1.85 bits per heavy atom. The smallest absolute Gasteiger partial charge is 0.251 e. The van der Waals surface area contributed by atoms with Gasteiger partial charge in [0.15, 0.2) is 0 Å². The SMILES string of the molecule is CC1CCN(C(=O)CNC(=O)c2ccc(Br)cc2)CC1. The highest BCUT2D eigenvalue weighted by molar-refractivity contribution is 9.10. The number of carbonyl (C=O) groups is 2. The highest BCUT2D eigenvalue weighted by atomic mass is 79.9. The van der Waals surface area contributed by atoms with E-state index < -0.39 is 0 Å². The summed E-state index contributed by atoms with van der Waals surface area (Å²) in [6.07, 6.45) is 2.10. The minimum Gasteiger partial charge on any atom is -0.343 e. The van der Waals surface area contributed by atoms with E-state index in [1.54, 1.807) is 12.1 Å². The van der Waals surface area contributed by atoms with Gasteiger partial charge in [0.2, 0.25) is 5.91 Å². The van der Waals surface area contributed by atoms with Gasteiger partial charge < -0.3 is 10.2 Å². The number of carbonyl (C=O) groups excluding carboxylic acids is 2. The molecule has 4 nitrogen and oxygen atoms in total. The summed E-state index contributed by atoms with van der Waals surface area (Å²) in [5, 5.41) is 2.68. The van der Waals surface area contributed by atoms with Crippen molar-refractivity contribution in [2.75, 3.05) is 19.6 Å². The molecule has 0 atom stereocenters. The Bertz CT molecular complexity index is 479. The number of hydrogen-bond donors (Lipinski definition) is 1. The summed E-state index contributed by atoms with van der Waals surface area (Å²) in [5.74, 6) is 0.481. The maximum atomic E-state index is 12.0. The van der Waals surface area contributed by atoms with E-state index in [1.807, 2.05) is 17.0 Å². The zero-order valence-corrected chi connectivity index (χ0v) is 13.1. The molecule has 1 aromatic rings. The molecule has 1 heterocycles. The maximum absolute atomic E-state index is 12.0. The van der Waals surface area contributed by atoms with Gasteiger partial charge in [0.05, 0.1) is 6.54 Å². The third-order valence-electron chi connectivity index (χ3n) is 3.64. The lowest BCUT2D eigenvalue weighted by molar-refractivity contribution is -0.131. The van der Waals surface area contributed by atoms with Gasteiger partial charge in [0, 0.05) is 23.1 Å². The molecule has 0 radical (unpaired) electrons. The van der Waals surface area contributed by atoms with E-state index in [9.17, 15) is 9.59 Å². The van der Waals surface area contributed by atoms with Gasteiger partial charge in [-0.25, -0.2) is 0 Å². The van der Waals surface area contributed by atoms with Crippen molar-refractivity contribution in [2.45, 2.75) is 19.8 Å². The van der Waals surface area contributed by atoms with E-state index in [0.717, 1.165) is 30.4 Å². The quantitative estimate of drug-likeness (QED) is 0.920. The predicted molar refractivity (Wildman–Crippen MR) is 81.5 cm³/mol. The van der Waals surface area contributed by atoms with Crippen LogP contribution in [0.1, 0.15) is 30.1 Å². The van der Waals surface area contributed by atoms with Gasteiger partial charge in [-0.05, 0) is 43.0 Å². The number of nitrogens with one attached hydrogen (secondary N) is 1. The van der Waals surface area contributed by atoms with Crippen molar-refractivity contribution in [3.8, 4) is 0 Å². The second-order valence-corrected chi connectivity index (χ2v) is 6.17. The molecule has 0 aromatic heterocycles. The van der Waals surface area contributed by atoms with Crippen LogP contribution in [0.3, 0.4) is 0 Å². The first kappa shape index (κ1) is 15.0. The Kier molecular flexibility index (Phi) is 5.17. The van der Waals surface area contributed by atoms with Crippen LogP contribution in [0.2, 0.25) is 0 Å². The lowest BCUT2D eigenvalue weighted by atomic mass is 9.99. The van der Waals surface area contributed by atoms with E-state index in [4.69, 9.17) is 0 Å². The molecule has 2 rings (SSSR count). The molecule has 0 spiro atoms. The average Bonchev–Trinajstić information content (AvgIpc) is 2.46. The lowest BCUT2D eigenvalue weighted by Gasteiger charge is -2.30. The minimum absolute atomic E-state index is 0.00219. The fourth-order valence-corrected chi connectivity index (χ4v) is 2.49. The van der Waals surface area contributed by atoms with Gasteiger partial charge >= 0.3 is 0 Å². The van der Waals surface area contributed by atoms with Crippen LogP contribution in [0.25, 0.3) is 0 Å². The molecular weight excluding hydrogens is 320 g/mol. The molecule has 108 valence electrons. The number of likely N-dealkylation sites (tertiary alicyclic amines) is 1. The van der Waals surface area contributed by atoms with Crippen LogP contribution in [-0.2, 0) is 4.79 Å². The van der Waals surface area contributed by atoms with Crippen molar-refractivity contribution in [3.05, 3.63) is 34.3 Å². The summed E-state index contributed by atoms with van der Waals surface area (Å²) in [6, 6.07) is 7.07. The number of hydrogen-bond acceptors (Lipinski definition) is 2. The van der Waals surface area contributed by atoms with Crippen LogP contribution >= 0.6 is 15.9 Å². The highest BCUT2D eigenvalue weighted by Crippen LogP contribution is 2.15. The van der Waals surface area contributed by atoms with E-state index in [1.165, 1.54) is 0 Å². The molecule has 0 bridgehead atoms. The summed E-state index contributed by atoms with van der Waals surface area (Å²) in [7, 11) is 0. The zero-order valence-electron chi connectivity index (χ0n) is 11.6. The van der Waals surface area contributed by atoms with Gasteiger partial charge in [-0.3, -0.25) is 9.59 Å². The van der Waals surface area contributed by atoms with E-state index in [2.05, 4.69) is 28.2 Å². The number of amides is 2. The van der Waals surface area contributed by atoms with Gasteiger partial charge in [0.25, 0.3) is 5.91 Å². The average molecular weight is 339 g/mol. The molecule has 0 unspecified atom stereocenters. The standard InChI is InChI=1S/C15H19BrN2O2/c1-11-6-8-18(9-7-11)14(19)10-17-15(20)12-2-4-13(16)5-3-12/h2-5,11H,6-10H2,1H3,(H,17,20). The van der Waals surface area contributed by atoms with Crippen LogP contribution in [0.4, 0.5) is 0 Å². The van der Waals surface area contributed by atoms with Crippen molar-refractivity contribution in [2.24, 2.45) is 5.92 Å². The molecule has 0 saturated carbocycles. The second kappa shape index (κ2) is 6.88. The summed E-state index contributed by atoms with van der Waals surface area (Å²) >= 11 is 3.32. The summed E-state index contributed by atoms with van der Waals surface area (Å²) < 4.78 is 0.924. The van der Waals surface area contributed by atoms with Crippen molar-refractivity contribution >= 4 is 27.7 Å². The largest absolute Gasteiger partial charge is 0.343 e. The molecule has 5 heteroatoms. The number of halogens is 1. The minimum atomic E-state index is -0.212. The lowest BCUT2D eigenvalue weighted by Crippen LogP contribution is -2.43. The maximum Gasteiger partial charge on any atom is 0.251 e. The Morgan fingerprint density at radius 1 is 1.25 bits per heavy atom. The molecule has 2 amide bonds. The van der Waals surface area contributed by atoms with Crippen molar-refractivity contribution < 1.29 is 9.59 Å². The van der Waals surface area contributed by atoms with Gasteiger partial charge in [-0.2, -0.15) is 0 Å². The topological polar surface area (TPSA) is 49.4 Å². The van der Waals surface area contributed by atoms with Crippen LogP contribution in [0.15, 0.2) is 28.7 Å². The number of rotatable bonds is 3. The summed E-state index contributed by atoms with van der Waals surface area (Å²) in [5.41, 5.74) is 0.563. The van der Waals surface area contributed by atoms with Crippen LogP contribution < -0.4 is 5.32 Å². The van der Waals surface area contributed by atoms with Gasteiger partial charge in [-0.1, -0.05) is 22.9 Å². The van der Waals surface area contributed by atoms with Crippen LogP contribution in [0, 0.1) is 5.92 Å². The number of nitrogens with zero attached hydrogens (tertiary/aromatic N) is 1. The fourth-order valence-electron chi connectivity index (χ4n) is 2.23. The van der Waals surface area contributed by atoms with Crippen LogP contribution in [-0.4, -0.2) is 36.3 Å². The van der Waals surface area contributed by atoms with Gasteiger partial charge in [-0.15, -0.1) is 0 Å². The van der Waals surface area contributed by atoms with Gasteiger partial charge in [0.1, 0.15) is 0 Å². The van der Waals surface area contributed by atoms with Crippen molar-refractivity contribution in [1.82, 2.24) is 10.2 Å². The zero-order chi connectivity index (χ0) is 14.5. The molecule has 1 aromatic carbocycles. The first-order chi connectivity index (χ1) is 9.56. The first-order valence-corrected chi connectivity index (χ1v) is 7.67. The number of benzene rings is 1. The second-order valence-electron chi connectivity index (χ2n) is 5.25. The first-order valence-electron chi connectivity index (χ1n) is 6.88. The monoisotopic (exact) mass is 338 g/mol. The Labute approximate surface area is 127 Å². The van der Waals surface area contributed by atoms with Crippen molar-refractivity contribution in [3.63, 3.8) is 0 Å². The Morgan fingerprint density at radius 3 is 2.45 bits per heavy atom. The van der Waals surface area contributed by atoms with Crippen LogP contribution in [0.5, 0.6) is 0 Å². The molecule has 1 N–H and O–H groups in total. The molecule has 0 aliphatic carbocycles. The molecule has 20 heavy (non-hydrogen) atoms. The Balaban J connectivity index is 1.81. The Hall–Kier alpha value is -1.36. The third-order valence-corrected chi connectivity index (χ3v) is 4.17. The number of piperidine rings is 1. The van der Waals surface area contributed by atoms with E-state index in [0.29, 0.717) is 11.5 Å². The third kappa shape index (κ3) is 4.07. The highest BCUT2D eigenvalue weighted by Gasteiger charge is 2.20. The van der Waals surface area contributed by atoms with Crippen molar-refractivity contribution in [1.29, 1.82) is 0 Å². The summed E-state index contributed by atoms with van der Waals surface area (Å²) in [4.78, 5) is 25.7. The molecule has 1 saturated heterocycles. The molecule has 1 aliphatic rings. The molecular formula is C15H19BrN2O2. The molecule has 1 aliphatic heterocycles. The normalized spacial score (nSPS) is 16.0. The van der Waals surface area contributed by atoms with E-state index in [-0.39, 0.29) is 18.4 Å².